The maximum atomic E-state index is 12.8. The van der Waals surface area contributed by atoms with Crippen LogP contribution in [0.5, 0.6) is 0 Å². The van der Waals surface area contributed by atoms with Crippen LogP contribution in [-0.2, 0) is 27.3 Å². The van der Waals surface area contributed by atoms with Crippen LogP contribution in [0.25, 0.3) is 16.8 Å². The number of rotatable bonds is 5. The maximum Gasteiger partial charge on any atom is 0.233 e. The minimum absolute atomic E-state index is 0. The van der Waals surface area contributed by atoms with Crippen molar-refractivity contribution in [1.82, 2.24) is 24.8 Å². The Labute approximate surface area is 220 Å². The van der Waals surface area contributed by atoms with Crippen LogP contribution in [0.1, 0.15) is 30.5 Å². The second kappa shape index (κ2) is 9.10. The van der Waals surface area contributed by atoms with E-state index in [1.165, 1.54) is 11.2 Å². The molecule has 1 saturated carbocycles. The Morgan fingerprint density at radius 3 is 2.64 bits per heavy atom. The number of carbonyl (C=O) groups excluding carboxylic acids is 2. The molecule has 3 aliphatic rings. The van der Waals surface area contributed by atoms with Gasteiger partial charge in [-0.3, -0.25) is 14.5 Å². The Balaban J connectivity index is 0.00000267. The van der Waals surface area contributed by atoms with Gasteiger partial charge in [-0.25, -0.2) is 9.50 Å². The van der Waals surface area contributed by atoms with Crippen LogP contribution in [0.2, 0.25) is 5.02 Å². The second-order valence-corrected chi connectivity index (χ2v) is 10.9. The summed E-state index contributed by atoms with van der Waals surface area (Å²) >= 11 is 6.48. The summed E-state index contributed by atoms with van der Waals surface area (Å²) in [5, 5.41) is 8.42. The topological polar surface area (TPSA) is 88.8 Å². The van der Waals surface area contributed by atoms with Crippen molar-refractivity contribution in [2.24, 2.45) is 17.3 Å². The van der Waals surface area contributed by atoms with Gasteiger partial charge in [0.15, 0.2) is 0 Å². The van der Waals surface area contributed by atoms with Crippen molar-refractivity contribution in [2.45, 2.75) is 39.8 Å². The predicted octanol–water partition coefficient (Wildman–Crippen LogP) is 3.45. The number of morpholine rings is 1. The van der Waals surface area contributed by atoms with Gasteiger partial charge in [0.1, 0.15) is 6.33 Å². The summed E-state index contributed by atoms with van der Waals surface area (Å²) in [7, 11) is 0. The van der Waals surface area contributed by atoms with Gasteiger partial charge in [0.2, 0.25) is 11.8 Å². The van der Waals surface area contributed by atoms with Gasteiger partial charge in [-0.05, 0) is 47.2 Å². The van der Waals surface area contributed by atoms with Crippen molar-refractivity contribution >= 4 is 41.3 Å². The van der Waals surface area contributed by atoms with Crippen LogP contribution >= 0.6 is 24.0 Å². The number of hydrogen-bond acceptors (Lipinski definition) is 6. The average molecular weight is 530 g/mol. The fourth-order valence-corrected chi connectivity index (χ4v) is 6.13. The molecule has 3 atom stereocenters. The van der Waals surface area contributed by atoms with Crippen molar-refractivity contribution in [3.8, 4) is 11.3 Å². The third-order valence-corrected chi connectivity index (χ3v) is 8.04. The summed E-state index contributed by atoms with van der Waals surface area (Å²) in [6, 6.07) is 5.87. The molecule has 2 saturated heterocycles. The molecule has 6 rings (SSSR count). The molecule has 4 heterocycles. The second-order valence-electron chi connectivity index (χ2n) is 10.5. The fourth-order valence-electron chi connectivity index (χ4n) is 5.85. The van der Waals surface area contributed by atoms with E-state index in [1.807, 2.05) is 38.2 Å². The predicted molar refractivity (Wildman–Crippen MR) is 138 cm³/mol. The van der Waals surface area contributed by atoms with E-state index < -0.39 is 0 Å². The molecule has 3 aromatic rings. The first-order valence-corrected chi connectivity index (χ1v) is 12.4. The number of halogens is 2. The number of likely N-dealkylation sites (tertiary alicyclic amines) is 1. The molecule has 0 spiro atoms. The Bertz CT molecular complexity index is 1340. The first-order chi connectivity index (χ1) is 16.8. The maximum absolute atomic E-state index is 12.8. The lowest BCUT2D eigenvalue weighted by molar-refractivity contribution is -0.143. The van der Waals surface area contributed by atoms with E-state index >= 15 is 0 Å². The molecule has 2 amide bonds. The van der Waals surface area contributed by atoms with Gasteiger partial charge in [-0.15, -0.1) is 12.4 Å². The summed E-state index contributed by atoms with van der Waals surface area (Å²) < 4.78 is 7.72. The van der Waals surface area contributed by atoms with Crippen LogP contribution in [0.15, 0.2) is 30.7 Å². The first kappa shape index (κ1) is 25.1. The molecule has 0 radical (unpaired) electrons. The number of amides is 2. The molecule has 2 aliphatic heterocycles. The van der Waals surface area contributed by atoms with Crippen molar-refractivity contribution < 1.29 is 14.3 Å². The molecule has 2 unspecified atom stereocenters. The number of piperidine rings is 1. The zero-order valence-corrected chi connectivity index (χ0v) is 22.0. The molecule has 36 heavy (non-hydrogen) atoms. The standard InChI is InChI=1S/C26H28ClN5O3.ClH/c1-14-6-16(27)8-19(18(14)9-17-10-28-4-5-35-17)23-20-7-15(12-32(20)30-13-29-23)11-31-24(33)21-22(25(31)34)26(21,2)3;/h6-8,12-13,17,21-22,28H,4-5,9-11H2,1-3H3;1H/t17-,21?,22?;/m1./s1. The number of imide groups is 1. The molecule has 2 aromatic heterocycles. The minimum Gasteiger partial charge on any atom is -0.375 e. The number of aromatic nitrogens is 3. The van der Waals surface area contributed by atoms with Crippen LogP contribution in [0.4, 0.5) is 0 Å². The van der Waals surface area contributed by atoms with Gasteiger partial charge < -0.3 is 10.1 Å². The summed E-state index contributed by atoms with van der Waals surface area (Å²) in [5.74, 6) is -0.507. The van der Waals surface area contributed by atoms with E-state index in [2.05, 4.69) is 22.3 Å². The molecule has 3 fully saturated rings. The molecule has 190 valence electrons. The van der Waals surface area contributed by atoms with Crippen molar-refractivity contribution in [3.05, 3.63) is 52.4 Å². The number of benzene rings is 1. The Kier molecular flexibility index (Phi) is 6.35. The lowest BCUT2D eigenvalue weighted by atomic mass is 9.94. The van der Waals surface area contributed by atoms with Crippen LogP contribution in [-0.4, -0.2) is 57.1 Å². The largest absolute Gasteiger partial charge is 0.375 e. The zero-order valence-electron chi connectivity index (χ0n) is 20.5. The third kappa shape index (κ3) is 4.00. The molecule has 0 bridgehead atoms. The highest BCUT2D eigenvalue weighted by Crippen LogP contribution is 2.63. The van der Waals surface area contributed by atoms with Crippen LogP contribution in [0, 0.1) is 24.2 Å². The Morgan fingerprint density at radius 2 is 1.94 bits per heavy atom. The van der Waals surface area contributed by atoms with E-state index in [4.69, 9.17) is 16.3 Å². The first-order valence-electron chi connectivity index (χ1n) is 12.0. The summed E-state index contributed by atoms with van der Waals surface area (Å²) in [5.41, 5.74) is 5.35. The number of fused-ring (bicyclic) bond motifs is 2. The number of nitrogens with zero attached hydrogens (tertiary/aromatic N) is 4. The summed E-state index contributed by atoms with van der Waals surface area (Å²) in [4.78, 5) is 31.7. The summed E-state index contributed by atoms with van der Waals surface area (Å²) in [6.07, 6.45) is 4.20. The number of hydrogen-bond donors (Lipinski definition) is 1. The number of carbonyl (C=O) groups is 2. The highest BCUT2D eigenvalue weighted by atomic mass is 35.5. The SMILES string of the molecule is Cc1cc(Cl)cc(-c2ncnn3cc(CN4C(=O)C5C(C4=O)C5(C)C)cc23)c1C[C@@H]1CNCCO1.Cl. The summed E-state index contributed by atoms with van der Waals surface area (Å²) in [6.45, 7) is 8.63. The van der Waals surface area contributed by atoms with E-state index in [-0.39, 0.29) is 54.1 Å². The highest BCUT2D eigenvalue weighted by molar-refractivity contribution is 6.31. The van der Waals surface area contributed by atoms with Gasteiger partial charge >= 0.3 is 0 Å². The number of ether oxygens (including phenoxy) is 1. The highest BCUT2D eigenvalue weighted by Gasteiger charge is 2.72. The number of nitrogens with one attached hydrogen (secondary N) is 1. The van der Waals surface area contributed by atoms with E-state index in [0.29, 0.717) is 11.6 Å². The van der Waals surface area contributed by atoms with Gasteiger partial charge in [0, 0.05) is 36.3 Å². The van der Waals surface area contributed by atoms with Crippen molar-refractivity contribution in [2.75, 3.05) is 19.7 Å². The molecule has 1 aliphatic carbocycles. The smallest absolute Gasteiger partial charge is 0.233 e. The molecular formula is C26H29Cl2N5O3. The van der Waals surface area contributed by atoms with Crippen molar-refractivity contribution in [3.63, 3.8) is 0 Å². The van der Waals surface area contributed by atoms with E-state index in [0.717, 1.165) is 53.0 Å². The van der Waals surface area contributed by atoms with Crippen molar-refractivity contribution in [1.29, 1.82) is 0 Å². The molecule has 8 nitrogen and oxygen atoms in total. The monoisotopic (exact) mass is 529 g/mol. The zero-order chi connectivity index (χ0) is 24.5. The lowest BCUT2D eigenvalue weighted by Gasteiger charge is -2.25. The average Bonchev–Trinajstić information content (AvgIpc) is 3.07. The Hall–Kier alpha value is -2.52. The normalized spacial score (nSPS) is 24.7. The van der Waals surface area contributed by atoms with Gasteiger partial charge in [0.25, 0.3) is 0 Å². The van der Waals surface area contributed by atoms with Gasteiger partial charge in [-0.1, -0.05) is 25.4 Å². The molecule has 1 aromatic carbocycles. The number of aryl methyl sites for hydroxylation is 1. The molecular weight excluding hydrogens is 501 g/mol. The molecule has 10 heteroatoms. The van der Waals surface area contributed by atoms with Gasteiger partial charge in [0.05, 0.1) is 42.3 Å². The van der Waals surface area contributed by atoms with Gasteiger partial charge in [-0.2, -0.15) is 5.10 Å². The molecule has 1 N–H and O–H groups in total. The third-order valence-electron chi connectivity index (χ3n) is 7.82. The Morgan fingerprint density at radius 1 is 1.19 bits per heavy atom. The van der Waals surface area contributed by atoms with Crippen LogP contribution < -0.4 is 5.32 Å². The minimum atomic E-state index is -0.215. The fraction of sp³-hybridized carbons (Fsp3) is 0.462. The van der Waals surface area contributed by atoms with E-state index in [1.54, 1.807) is 4.52 Å². The quantitative estimate of drug-likeness (QED) is 0.509. The van der Waals surface area contributed by atoms with Crippen LogP contribution in [0.3, 0.4) is 0 Å². The lowest BCUT2D eigenvalue weighted by Crippen LogP contribution is -2.39. The van der Waals surface area contributed by atoms with E-state index in [9.17, 15) is 9.59 Å².